The average Bonchev–Trinajstić information content (AvgIpc) is 3.22. The highest BCUT2D eigenvalue weighted by Gasteiger charge is 2.34. The van der Waals surface area contributed by atoms with Gasteiger partial charge >= 0.3 is 5.97 Å². The molecule has 0 fully saturated rings. The van der Waals surface area contributed by atoms with Crippen LogP contribution in [0, 0.1) is 0 Å². The number of carbonyl (C=O) groups is 1. The predicted octanol–water partition coefficient (Wildman–Crippen LogP) is 3.67. The second kappa shape index (κ2) is 10.2. The van der Waals surface area contributed by atoms with E-state index in [-0.39, 0.29) is 17.9 Å². The van der Waals surface area contributed by atoms with Gasteiger partial charge in [-0.1, -0.05) is 47.7 Å². The Morgan fingerprint density at radius 2 is 1.82 bits per heavy atom. The SMILES string of the molecule is CCOC(=O)C1=C(C)N=c2s/c(=C\c3ccc(O)c(OC)c3)c(=O)n2[C@@H]1c1ccc(OC)c2ccccc12. The van der Waals surface area contributed by atoms with Crippen molar-refractivity contribution in [3.63, 3.8) is 0 Å². The number of thiazole rings is 1. The molecule has 4 aromatic rings. The van der Waals surface area contributed by atoms with Crippen LogP contribution in [0.4, 0.5) is 0 Å². The van der Waals surface area contributed by atoms with Crippen LogP contribution in [0.1, 0.15) is 31.0 Å². The zero-order chi connectivity index (χ0) is 27.0. The monoisotopic (exact) mass is 530 g/mol. The Bertz CT molecular complexity index is 1780. The molecule has 0 unspecified atom stereocenters. The third kappa shape index (κ3) is 4.24. The molecule has 0 amide bonds. The number of rotatable bonds is 6. The molecule has 3 aromatic carbocycles. The standard InChI is InChI=1S/C29H26N2O6S/c1-5-37-28(34)25-16(2)30-29-31(26(25)20-11-13-22(35-3)19-9-7-6-8-18(19)20)27(33)24(38-29)15-17-10-12-21(32)23(14-17)36-4/h6-15,26,32H,5H2,1-4H3/b24-15-/t26-/m1/s1. The summed E-state index contributed by atoms with van der Waals surface area (Å²) in [5, 5.41) is 11.7. The van der Waals surface area contributed by atoms with Crippen LogP contribution < -0.4 is 24.4 Å². The number of hydrogen-bond donors (Lipinski definition) is 1. The van der Waals surface area contributed by atoms with Gasteiger partial charge in [0.25, 0.3) is 5.56 Å². The third-order valence-electron chi connectivity index (χ3n) is 6.45. The Kier molecular flexibility index (Phi) is 6.77. The molecule has 38 heavy (non-hydrogen) atoms. The third-order valence-corrected chi connectivity index (χ3v) is 7.43. The number of allylic oxidation sites excluding steroid dienone is 1. The molecule has 0 bridgehead atoms. The molecule has 2 heterocycles. The molecule has 0 saturated carbocycles. The summed E-state index contributed by atoms with van der Waals surface area (Å²) in [5.74, 6) is 0.481. The Labute approximate surface area is 222 Å². The lowest BCUT2D eigenvalue weighted by molar-refractivity contribution is -0.139. The number of carbonyl (C=O) groups excluding carboxylic acids is 1. The van der Waals surface area contributed by atoms with E-state index in [4.69, 9.17) is 14.2 Å². The number of aromatic hydroxyl groups is 1. The van der Waals surface area contributed by atoms with Gasteiger partial charge in [0.05, 0.1) is 42.7 Å². The van der Waals surface area contributed by atoms with E-state index < -0.39 is 12.0 Å². The first-order chi connectivity index (χ1) is 18.4. The molecule has 1 aliphatic heterocycles. The van der Waals surface area contributed by atoms with E-state index in [9.17, 15) is 14.7 Å². The zero-order valence-electron chi connectivity index (χ0n) is 21.3. The second-order valence-electron chi connectivity index (χ2n) is 8.64. The quantitative estimate of drug-likeness (QED) is 0.382. The van der Waals surface area contributed by atoms with Crippen molar-refractivity contribution in [1.29, 1.82) is 0 Å². The number of phenolic OH excluding ortho intramolecular Hbond substituents is 1. The lowest BCUT2D eigenvalue weighted by atomic mass is 9.91. The highest BCUT2D eigenvalue weighted by molar-refractivity contribution is 7.07. The van der Waals surface area contributed by atoms with Crippen molar-refractivity contribution in [2.24, 2.45) is 4.99 Å². The zero-order valence-corrected chi connectivity index (χ0v) is 22.2. The first kappa shape index (κ1) is 25.3. The molecule has 1 aliphatic rings. The van der Waals surface area contributed by atoms with Crippen LogP contribution in [-0.2, 0) is 9.53 Å². The summed E-state index contributed by atoms with van der Waals surface area (Å²) in [5.41, 5.74) is 1.95. The second-order valence-corrected chi connectivity index (χ2v) is 9.65. The summed E-state index contributed by atoms with van der Waals surface area (Å²) in [7, 11) is 3.07. The van der Waals surface area contributed by atoms with Crippen molar-refractivity contribution >= 4 is 34.2 Å². The molecule has 0 aliphatic carbocycles. The van der Waals surface area contributed by atoms with Crippen LogP contribution in [-0.4, -0.2) is 36.5 Å². The van der Waals surface area contributed by atoms with Crippen molar-refractivity contribution < 1.29 is 24.1 Å². The molecule has 1 aromatic heterocycles. The van der Waals surface area contributed by atoms with E-state index in [0.29, 0.717) is 37.7 Å². The molecule has 5 rings (SSSR count). The van der Waals surface area contributed by atoms with E-state index in [2.05, 4.69) is 4.99 Å². The van der Waals surface area contributed by atoms with Crippen molar-refractivity contribution in [2.45, 2.75) is 19.9 Å². The number of ether oxygens (including phenoxy) is 3. The summed E-state index contributed by atoms with van der Waals surface area (Å²) in [4.78, 5) is 32.3. The maximum Gasteiger partial charge on any atom is 0.338 e. The van der Waals surface area contributed by atoms with Crippen molar-refractivity contribution in [2.75, 3.05) is 20.8 Å². The molecule has 8 nitrogen and oxygen atoms in total. The highest BCUT2D eigenvalue weighted by atomic mass is 32.1. The average molecular weight is 531 g/mol. The minimum atomic E-state index is -0.752. The molecule has 0 saturated heterocycles. The van der Waals surface area contributed by atoms with Crippen molar-refractivity contribution in [3.05, 3.63) is 96.7 Å². The fourth-order valence-electron chi connectivity index (χ4n) is 4.73. The number of phenols is 1. The molecular formula is C29H26N2O6S. The van der Waals surface area contributed by atoms with Gasteiger partial charge in [-0.2, -0.15) is 0 Å². The summed E-state index contributed by atoms with van der Waals surface area (Å²) in [6, 6.07) is 15.5. The first-order valence-corrected chi connectivity index (χ1v) is 12.8. The first-order valence-electron chi connectivity index (χ1n) is 12.0. The number of aromatic nitrogens is 1. The molecule has 1 atom stereocenters. The lowest BCUT2D eigenvalue weighted by Gasteiger charge is -2.26. The van der Waals surface area contributed by atoms with Gasteiger partial charge in [0, 0.05) is 5.39 Å². The number of nitrogens with zero attached hydrogens (tertiary/aromatic N) is 2. The van der Waals surface area contributed by atoms with Crippen molar-refractivity contribution in [1.82, 2.24) is 4.57 Å². The summed E-state index contributed by atoms with van der Waals surface area (Å²) >= 11 is 1.23. The molecule has 0 radical (unpaired) electrons. The fourth-order valence-corrected chi connectivity index (χ4v) is 5.78. The van der Waals surface area contributed by atoms with Gasteiger partial charge in [-0.15, -0.1) is 0 Å². The highest BCUT2D eigenvalue weighted by Crippen LogP contribution is 2.38. The molecule has 1 N–H and O–H groups in total. The van der Waals surface area contributed by atoms with Crippen LogP contribution >= 0.6 is 11.3 Å². The number of methoxy groups -OCH3 is 2. The minimum Gasteiger partial charge on any atom is -0.504 e. The molecule has 9 heteroatoms. The normalized spacial score (nSPS) is 15.3. The Balaban J connectivity index is 1.80. The Hall–Kier alpha value is -4.37. The number of fused-ring (bicyclic) bond motifs is 2. The van der Waals surface area contributed by atoms with Crippen LogP contribution in [0.25, 0.3) is 16.8 Å². The largest absolute Gasteiger partial charge is 0.504 e. The fraction of sp³-hybridized carbons (Fsp3) is 0.207. The van der Waals surface area contributed by atoms with Gasteiger partial charge in [-0.3, -0.25) is 9.36 Å². The van der Waals surface area contributed by atoms with Gasteiger partial charge in [0.2, 0.25) is 0 Å². The molecule has 0 spiro atoms. The maximum atomic E-state index is 13.9. The van der Waals surface area contributed by atoms with Crippen LogP contribution in [0.5, 0.6) is 17.2 Å². The van der Waals surface area contributed by atoms with E-state index in [1.165, 1.54) is 24.5 Å². The number of hydrogen-bond acceptors (Lipinski definition) is 8. The Morgan fingerprint density at radius 1 is 1.08 bits per heavy atom. The van der Waals surface area contributed by atoms with Crippen LogP contribution in [0.15, 0.2) is 75.7 Å². The van der Waals surface area contributed by atoms with Gasteiger partial charge < -0.3 is 19.3 Å². The van der Waals surface area contributed by atoms with Crippen LogP contribution in [0.2, 0.25) is 0 Å². The van der Waals surface area contributed by atoms with Gasteiger partial charge in [-0.05, 0) is 54.6 Å². The predicted molar refractivity (Wildman–Crippen MR) is 146 cm³/mol. The van der Waals surface area contributed by atoms with E-state index in [1.807, 2.05) is 36.4 Å². The topological polar surface area (TPSA) is 99.4 Å². The number of benzene rings is 3. The van der Waals surface area contributed by atoms with Gasteiger partial charge in [0.1, 0.15) is 5.75 Å². The smallest absolute Gasteiger partial charge is 0.338 e. The van der Waals surface area contributed by atoms with E-state index >= 15 is 0 Å². The minimum absolute atomic E-state index is 0.00666. The summed E-state index contributed by atoms with van der Waals surface area (Å²) < 4.78 is 18.2. The van der Waals surface area contributed by atoms with E-state index in [0.717, 1.165) is 16.3 Å². The number of esters is 1. The van der Waals surface area contributed by atoms with Crippen molar-refractivity contribution in [3.8, 4) is 17.2 Å². The Morgan fingerprint density at radius 3 is 2.53 bits per heavy atom. The summed E-state index contributed by atoms with van der Waals surface area (Å²) in [6.07, 6.45) is 1.72. The van der Waals surface area contributed by atoms with Crippen LogP contribution in [0.3, 0.4) is 0 Å². The van der Waals surface area contributed by atoms with Gasteiger partial charge in [0.15, 0.2) is 16.3 Å². The summed E-state index contributed by atoms with van der Waals surface area (Å²) in [6.45, 7) is 3.69. The maximum absolute atomic E-state index is 13.9. The molecule has 194 valence electrons. The van der Waals surface area contributed by atoms with E-state index in [1.54, 1.807) is 43.7 Å². The molecular weight excluding hydrogens is 504 g/mol. The lowest BCUT2D eigenvalue weighted by Crippen LogP contribution is -2.40. The van der Waals surface area contributed by atoms with Gasteiger partial charge in [-0.25, -0.2) is 9.79 Å².